The van der Waals surface area contributed by atoms with Crippen molar-refractivity contribution in [3.63, 3.8) is 0 Å². The minimum Gasteiger partial charge on any atom is -0.425 e. The number of carbonyl (C=O) groups excluding carboxylic acids is 2. The summed E-state index contributed by atoms with van der Waals surface area (Å²) in [5, 5.41) is 0. The van der Waals surface area contributed by atoms with Gasteiger partial charge in [-0.05, 0) is 19.1 Å². The highest BCUT2D eigenvalue weighted by Crippen LogP contribution is 2.26. The molecule has 2 aromatic rings. The van der Waals surface area contributed by atoms with Gasteiger partial charge in [-0.25, -0.2) is 0 Å². The second-order valence-electron chi connectivity index (χ2n) is 6.97. The SMILES string of the molecule is CC(=O)Oc1c(C#C[Si](C)(C)C)cccc1C(=O)c1ccc(C)cc1. The molecule has 0 amide bonds. The number of hydrogen-bond donors (Lipinski definition) is 0. The van der Waals surface area contributed by atoms with Gasteiger partial charge in [-0.15, -0.1) is 5.54 Å². The number of aryl methyl sites for hydroxylation is 1. The summed E-state index contributed by atoms with van der Waals surface area (Å²) in [5.41, 5.74) is 5.79. The van der Waals surface area contributed by atoms with Crippen LogP contribution in [0.2, 0.25) is 19.6 Å². The molecule has 2 aromatic carbocycles. The van der Waals surface area contributed by atoms with Crippen LogP contribution in [0.25, 0.3) is 0 Å². The Balaban J connectivity index is 2.56. The van der Waals surface area contributed by atoms with Crippen molar-refractivity contribution in [2.75, 3.05) is 0 Å². The number of benzene rings is 2. The van der Waals surface area contributed by atoms with E-state index in [1.54, 1.807) is 30.3 Å². The highest BCUT2D eigenvalue weighted by Gasteiger charge is 2.19. The third-order valence-corrected chi connectivity index (χ3v) is 4.27. The first-order chi connectivity index (χ1) is 11.7. The molecule has 0 aromatic heterocycles. The zero-order valence-corrected chi connectivity index (χ0v) is 16.3. The van der Waals surface area contributed by atoms with E-state index in [1.807, 2.05) is 19.1 Å². The van der Waals surface area contributed by atoms with E-state index < -0.39 is 14.0 Å². The van der Waals surface area contributed by atoms with Crippen LogP contribution in [0, 0.1) is 18.4 Å². The van der Waals surface area contributed by atoms with E-state index in [-0.39, 0.29) is 11.5 Å². The Kier molecular flexibility index (Phi) is 5.61. The van der Waals surface area contributed by atoms with Crippen LogP contribution >= 0.6 is 0 Å². The van der Waals surface area contributed by atoms with Crippen molar-refractivity contribution < 1.29 is 14.3 Å². The lowest BCUT2D eigenvalue weighted by atomic mass is 9.99. The van der Waals surface area contributed by atoms with Crippen LogP contribution in [0.3, 0.4) is 0 Å². The molecule has 25 heavy (non-hydrogen) atoms. The third-order valence-electron chi connectivity index (χ3n) is 3.39. The molecule has 0 heterocycles. The second-order valence-corrected chi connectivity index (χ2v) is 11.7. The van der Waals surface area contributed by atoms with Gasteiger partial charge in [0.15, 0.2) is 11.5 Å². The van der Waals surface area contributed by atoms with Crippen LogP contribution in [0.1, 0.15) is 34.0 Å². The quantitative estimate of drug-likeness (QED) is 0.271. The molecule has 0 aliphatic heterocycles. The van der Waals surface area contributed by atoms with Crippen molar-refractivity contribution in [1.82, 2.24) is 0 Å². The predicted molar refractivity (Wildman–Crippen MR) is 103 cm³/mol. The fourth-order valence-electron chi connectivity index (χ4n) is 2.18. The summed E-state index contributed by atoms with van der Waals surface area (Å²) < 4.78 is 5.36. The Morgan fingerprint density at radius 1 is 1.00 bits per heavy atom. The average Bonchev–Trinajstić information content (AvgIpc) is 2.52. The molecule has 0 radical (unpaired) electrons. The number of para-hydroxylation sites is 1. The molecule has 128 valence electrons. The fourth-order valence-corrected chi connectivity index (χ4v) is 2.69. The lowest BCUT2D eigenvalue weighted by Crippen LogP contribution is -2.16. The number of esters is 1. The van der Waals surface area contributed by atoms with E-state index in [2.05, 4.69) is 31.1 Å². The summed E-state index contributed by atoms with van der Waals surface area (Å²) in [6, 6.07) is 12.5. The van der Waals surface area contributed by atoms with Crippen LogP contribution in [-0.4, -0.2) is 19.8 Å². The molecule has 0 N–H and O–H groups in total. The van der Waals surface area contributed by atoms with Crippen molar-refractivity contribution in [2.45, 2.75) is 33.5 Å². The summed E-state index contributed by atoms with van der Waals surface area (Å²) in [5.74, 6) is 2.68. The topological polar surface area (TPSA) is 43.4 Å². The summed E-state index contributed by atoms with van der Waals surface area (Å²) in [7, 11) is -1.60. The Hall–Kier alpha value is -2.64. The molecule has 0 aliphatic rings. The molecule has 3 nitrogen and oxygen atoms in total. The van der Waals surface area contributed by atoms with Crippen molar-refractivity contribution in [3.8, 4) is 17.2 Å². The number of ketones is 1. The lowest BCUT2D eigenvalue weighted by Gasteiger charge is -2.11. The van der Waals surface area contributed by atoms with E-state index in [9.17, 15) is 9.59 Å². The van der Waals surface area contributed by atoms with E-state index in [4.69, 9.17) is 4.74 Å². The molecule has 0 aliphatic carbocycles. The first-order valence-corrected chi connectivity index (χ1v) is 11.6. The van der Waals surface area contributed by atoms with Gasteiger partial charge in [0.1, 0.15) is 8.07 Å². The molecule has 0 spiro atoms. The first kappa shape index (κ1) is 18.7. The van der Waals surface area contributed by atoms with Gasteiger partial charge in [0, 0.05) is 12.5 Å². The summed E-state index contributed by atoms with van der Waals surface area (Å²) in [4.78, 5) is 24.4. The van der Waals surface area contributed by atoms with Crippen LogP contribution in [-0.2, 0) is 4.79 Å². The van der Waals surface area contributed by atoms with Gasteiger partial charge < -0.3 is 4.74 Å². The maximum atomic E-state index is 12.9. The summed E-state index contributed by atoms with van der Waals surface area (Å²) in [6.45, 7) is 9.68. The first-order valence-electron chi connectivity index (χ1n) is 8.13. The van der Waals surface area contributed by atoms with Gasteiger partial charge in [-0.2, -0.15) is 0 Å². The van der Waals surface area contributed by atoms with Crippen LogP contribution in [0.15, 0.2) is 42.5 Å². The zero-order valence-electron chi connectivity index (χ0n) is 15.3. The number of carbonyl (C=O) groups is 2. The van der Waals surface area contributed by atoms with Gasteiger partial charge in [-0.3, -0.25) is 9.59 Å². The molecule has 0 bridgehead atoms. The summed E-state index contributed by atoms with van der Waals surface area (Å²) in [6.07, 6.45) is 0. The normalized spacial score (nSPS) is 10.6. The molecule has 0 atom stereocenters. The molecule has 0 unspecified atom stereocenters. The Bertz CT molecular complexity index is 863. The second kappa shape index (κ2) is 7.50. The van der Waals surface area contributed by atoms with Gasteiger partial charge in [0.05, 0.1) is 11.1 Å². The average molecular weight is 350 g/mol. The molecular formula is C21H22O3Si. The fraction of sp³-hybridized carbons (Fsp3) is 0.238. The maximum Gasteiger partial charge on any atom is 0.308 e. The number of hydrogen-bond acceptors (Lipinski definition) is 3. The highest BCUT2D eigenvalue weighted by atomic mass is 28.3. The van der Waals surface area contributed by atoms with Gasteiger partial charge >= 0.3 is 5.97 Å². The maximum absolute atomic E-state index is 12.9. The summed E-state index contributed by atoms with van der Waals surface area (Å²) >= 11 is 0. The van der Waals surface area contributed by atoms with Crippen molar-refractivity contribution >= 4 is 19.8 Å². The Morgan fingerprint density at radius 3 is 2.20 bits per heavy atom. The Morgan fingerprint density at radius 2 is 1.64 bits per heavy atom. The minimum atomic E-state index is -1.60. The van der Waals surface area contributed by atoms with Crippen LogP contribution in [0.5, 0.6) is 5.75 Å². The molecular weight excluding hydrogens is 328 g/mol. The van der Waals surface area contributed by atoms with Gasteiger partial charge in [0.25, 0.3) is 0 Å². The standard InChI is InChI=1S/C21H22O3Si/c1-15-9-11-17(12-10-15)20(23)19-8-6-7-18(13-14-25(3,4)5)21(19)24-16(2)22/h6-12H,1-5H3. The monoisotopic (exact) mass is 350 g/mol. The number of ether oxygens (including phenoxy) is 1. The lowest BCUT2D eigenvalue weighted by molar-refractivity contribution is -0.131. The van der Waals surface area contributed by atoms with E-state index in [0.29, 0.717) is 16.7 Å². The van der Waals surface area contributed by atoms with E-state index in [0.717, 1.165) is 5.56 Å². The molecule has 4 heteroatoms. The zero-order chi connectivity index (χ0) is 18.6. The predicted octanol–water partition coefficient (Wildman–Crippen LogP) is 4.38. The largest absolute Gasteiger partial charge is 0.425 e. The van der Waals surface area contributed by atoms with Gasteiger partial charge in [-0.1, -0.05) is 61.5 Å². The minimum absolute atomic E-state index is 0.187. The van der Waals surface area contributed by atoms with Crippen molar-refractivity contribution in [3.05, 3.63) is 64.7 Å². The third kappa shape index (κ3) is 5.17. The van der Waals surface area contributed by atoms with E-state index in [1.165, 1.54) is 6.92 Å². The van der Waals surface area contributed by atoms with Crippen molar-refractivity contribution in [2.24, 2.45) is 0 Å². The van der Waals surface area contributed by atoms with Gasteiger partial charge in [0.2, 0.25) is 0 Å². The molecule has 0 fully saturated rings. The van der Waals surface area contributed by atoms with Crippen LogP contribution in [0.4, 0.5) is 0 Å². The number of rotatable bonds is 3. The van der Waals surface area contributed by atoms with E-state index >= 15 is 0 Å². The molecule has 2 rings (SSSR count). The molecule has 0 saturated heterocycles. The Labute approximate surface area is 150 Å². The highest BCUT2D eigenvalue weighted by molar-refractivity contribution is 6.83. The smallest absolute Gasteiger partial charge is 0.308 e. The van der Waals surface area contributed by atoms with Crippen LogP contribution < -0.4 is 4.74 Å². The molecule has 0 saturated carbocycles. The van der Waals surface area contributed by atoms with Crippen molar-refractivity contribution in [1.29, 1.82) is 0 Å².